The van der Waals surface area contributed by atoms with Crippen molar-refractivity contribution >= 4 is 5.69 Å². The van der Waals surface area contributed by atoms with Crippen LogP contribution >= 0.6 is 0 Å². The van der Waals surface area contributed by atoms with E-state index in [-0.39, 0.29) is 5.92 Å². The fourth-order valence-corrected chi connectivity index (χ4v) is 1.77. The summed E-state index contributed by atoms with van der Waals surface area (Å²) in [6, 6.07) is 3.67. The van der Waals surface area contributed by atoms with Crippen LogP contribution in [-0.4, -0.2) is 17.1 Å². The molecule has 0 aliphatic rings. The topological polar surface area (TPSA) is 70.3 Å². The maximum atomic E-state index is 5.92. The predicted molar refractivity (Wildman–Crippen MR) is 73.6 cm³/mol. The van der Waals surface area contributed by atoms with E-state index in [1.165, 1.54) is 6.33 Å². The van der Waals surface area contributed by atoms with E-state index in [2.05, 4.69) is 23.8 Å². The third kappa shape index (κ3) is 2.93. The van der Waals surface area contributed by atoms with Gasteiger partial charge in [0.25, 0.3) is 0 Å². The first-order chi connectivity index (χ1) is 9.11. The molecule has 0 unspecified atom stereocenters. The molecule has 2 rings (SSSR count). The van der Waals surface area contributed by atoms with Crippen molar-refractivity contribution in [3.63, 3.8) is 0 Å². The molecular formula is C14H17N3O2. The lowest BCUT2D eigenvalue weighted by Gasteiger charge is -2.16. The van der Waals surface area contributed by atoms with Crippen molar-refractivity contribution < 1.29 is 9.47 Å². The zero-order chi connectivity index (χ0) is 13.8. The summed E-state index contributed by atoms with van der Waals surface area (Å²) >= 11 is 0. The van der Waals surface area contributed by atoms with Gasteiger partial charge >= 0.3 is 0 Å². The maximum Gasteiger partial charge on any atom is 0.164 e. The lowest BCUT2D eigenvalue weighted by Crippen LogP contribution is -1.99. The summed E-state index contributed by atoms with van der Waals surface area (Å²) < 4.78 is 11.0. The van der Waals surface area contributed by atoms with Crippen molar-refractivity contribution in [2.45, 2.75) is 19.8 Å². The van der Waals surface area contributed by atoms with Crippen LogP contribution in [0.3, 0.4) is 0 Å². The monoisotopic (exact) mass is 259 g/mol. The Morgan fingerprint density at radius 1 is 1.11 bits per heavy atom. The first-order valence-electron chi connectivity index (χ1n) is 6.02. The molecule has 19 heavy (non-hydrogen) atoms. The van der Waals surface area contributed by atoms with Gasteiger partial charge in [-0.1, -0.05) is 13.8 Å². The molecule has 0 saturated heterocycles. The predicted octanol–water partition coefficient (Wildman–Crippen LogP) is 2.98. The summed E-state index contributed by atoms with van der Waals surface area (Å²) in [7, 11) is 1.60. The molecule has 2 aromatic rings. The van der Waals surface area contributed by atoms with Crippen molar-refractivity contribution in [2.75, 3.05) is 12.8 Å². The highest BCUT2D eigenvalue weighted by atomic mass is 16.5. The average molecular weight is 259 g/mol. The van der Waals surface area contributed by atoms with E-state index in [4.69, 9.17) is 15.2 Å². The second-order valence-electron chi connectivity index (χ2n) is 4.46. The van der Waals surface area contributed by atoms with E-state index in [1.807, 2.05) is 6.07 Å². The number of nitrogens with zero attached hydrogens (tertiary/aromatic N) is 2. The van der Waals surface area contributed by atoms with Crippen molar-refractivity contribution in [3.8, 4) is 17.2 Å². The third-order valence-electron chi connectivity index (χ3n) is 2.75. The number of nitrogen functional groups attached to an aromatic ring is 1. The molecule has 0 radical (unpaired) electrons. The van der Waals surface area contributed by atoms with Crippen LogP contribution in [0.2, 0.25) is 0 Å². The van der Waals surface area contributed by atoms with Crippen LogP contribution in [0.25, 0.3) is 0 Å². The van der Waals surface area contributed by atoms with Gasteiger partial charge in [-0.2, -0.15) is 0 Å². The Morgan fingerprint density at radius 2 is 1.79 bits per heavy atom. The number of nitrogens with two attached hydrogens (primary N) is 1. The molecule has 1 aromatic carbocycles. The maximum absolute atomic E-state index is 5.92. The largest absolute Gasteiger partial charge is 0.495 e. The van der Waals surface area contributed by atoms with Crippen LogP contribution in [0.1, 0.15) is 25.3 Å². The smallest absolute Gasteiger partial charge is 0.164 e. The Kier molecular flexibility index (Phi) is 3.85. The number of benzene rings is 1. The number of aromatic nitrogens is 2. The van der Waals surface area contributed by atoms with Gasteiger partial charge in [0.05, 0.1) is 25.2 Å². The molecule has 0 spiro atoms. The van der Waals surface area contributed by atoms with Crippen molar-refractivity contribution in [1.82, 2.24) is 9.97 Å². The Labute approximate surface area is 112 Å². The summed E-state index contributed by atoms with van der Waals surface area (Å²) in [4.78, 5) is 7.84. The molecule has 0 fully saturated rings. The number of anilines is 1. The minimum Gasteiger partial charge on any atom is -0.495 e. The lowest BCUT2D eigenvalue weighted by atomic mass is 10.0. The fourth-order valence-electron chi connectivity index (χ4n) is 1.77. The van der Waals surface area contributed by atoms with Gasteiger partial charge in [0.15, 0.2) is 5.75 Å². The molecule has 2 N–H and O–H groups in total. The van der Waals surface area contributed by atoms with Crippen LogP contribution in [0.5, 0.6) is 17.2 Å². The SMILES string of the molecule is COc1cc(C(C)C)c(Oc2cncnc2)cc1N. The van der Waals surface area contributed by atoms with Gasteiger partial charge in [0.1, 0.15) is 17.8 Å². The molecule has 0 aliphatic heterocycles. The number of hydrogen-bond donors (Lipinski definition) is 1. The van der Waals surface area contributed by atoms with Crippen LogP contribution < -0.4 is 15.2 Å². The molecule has 0 aliphatic carbocycles. The summed E-state index contributed by atoms with van der Waals surface area (Å²) in [6.45, 7) is 4.17. The zero-order valence-corrected chi connectivity index (χ0v) is 11.3. The number of methoxy groups -OCH3 is 1. The lowest BCUT2D eigenvalue weighted by molar-refractivity contribution is 0.413. The first-order valence-corrected chi connectivity index (χ1v) is 6.02. The van der Waals surface area contributed by atoms with Gasteiger partial charge in [-0.05, 0) is 12.0 Å². The van der Waals surface area contributed by atoms with Gasteiger partial charge in [-0.3, -0.25) is 0 Å². The van der Waals surface area contributed by atoms with Crippen molar-refractivity contribution in [3.05, 3.63) is 36.4 Å². The van der Waals surface area contributed by atoms with Crippen LogP contribution in [-0.2, 0) is 0 Å². The number of hydrogen-bond acceptors (Lipinski definition) is 5. The molecule has 0 bridgehead atoms. The average Bonchev–Trinajstić information content (AvgIpc) is 2.39. The van der Waals surface area contributed by atoms with E-state index in [1.54, 1.807) is 25.6 Å². The minimum absolute atomic E-state index is 0.286. The Hall–Kier alpha value is -2.30. The van der Waals surface area contributed by atoms with E-state index in [0.717, 1.165) is 5.56 Å². The van der Waals surface area contributed by atoms with Gasteiger partial charge < -0.3 is 15.2 Å². The molecule has 1 heterocycles. The number of rotatable bonds is 4. The third-order valence-corrected chi connectivity index (χ3v) is 2.75. The molecule has 5 nitrogen and oxygen atoms in total. The van der Waals surface area contributed by atoms with Crippen molar-refractivity contribution in [2.24, 2.45) is 0 Å². The summed E-state index contributed by atoms with van der Waals surface area (Å²) in [5.41, 5.74) is 7.48. The first kappa shape index (κ1) is 13.1. The molecule has 100 valence electrons. The standard InChI is InChI=1S/C14H17N3O2/c1-9(2)11-4-14(18-3)12(15)5-13(11)19-10-6-16-8-17-7-10/h4-9H,15H2,1-3H3. The van der Waals surface area contributed by atoms with Crippen LogP contribution in [0.15, 0.2) is 30.9 Å². The Balaban J connectivity index is 2.41. The molecule has 0 amide bonds. The summed E-state index contributed by atoms with van der Waals surface area (Å²) in [6.07, 6.45) is 4.67. The highest BCUT2D eigenvalue weighted by molar-refractivity contribution is 5.60. The van der Waals surface area contributed by atoms with Gasteiger partial charge in [-0.25, -0.2) is 9.97 Å². The van der Waals surface area contributed by atoms with Crippen LogP contribution in [0, 0.1) is 0 Å². The summed E-state index contributed by atoms with van der Waals surface area (Å²) in [5.74, 6) is 2.21. The fraction of sp³-hybridized carbons (Fsp3) is 0.286. The molecule has 1 aromatic heterocycles. The molecule has 5 heteroatoms. The summed E-state index contributed by atoms with van der Waals surface area (Å²) in [5, 5.41) is 0. The Bertz CT molecular complexity index is 556. The van der Waals surface area contributed by atoms with E-state index in [0.29, 0.717) is 22.9 Å². The second kappa shape index (κ2) is 5.56. The van der Waals surface area contributed by atoms with Crippen LogP contribution in [0.4, 0.5) is 5.69 Å². The number of ether oxygens (including phenoxy) is 2. The van der Waals surface area contributed by atoms with Gasteiger partial charge in [0, 0.05) is 11.6 Å². The normalized spacial score (nSPS) is 10.5. The van der Waals surface area contributed by atoms with E-state index in [9.17, 15) is 0 Å². The second-order valence-corrected chi connectivity index (χ2v) is 4.46. The van der Waals surface area contributed by atoms with E-state index < -0.39 is 0 Å². The van der Waals surface area contributed by atoms with Gasteiger partial charge in [0.2, 0.25) is 0 Å². The van der Waals surface area contributed by atoms with E-state index >= 15 is 0 Å². The highest BCUT2D eigenvalue weighted by Gasteiger charge is 2.13. The molecular weight excluding hydrogens is 242 g/mol. The highest BCUT2D eigenvalue weighted by Crippen LogP contribution is 2.37. The minimum atomic E-state index is 0.286. The van der Waals surface area contributed by atoms with Crippen molar-refractivity contribution in [1.29, 1.82) is 0 Å². The Morgan fingerprint density at radius 3 is 2.37 bits per heavy atom. The molecule has 0 atom stereocenters. The zero-order valence-electron chi connectivity index (χ0n) is 11.3. The molecule has 0 saturated carbocycles. The quantitative estimate of drug-likeness (QED) is 0.855. The van der Waals surface area contributed by atoms with Gasteiger partial charge in [-0.15, -0.1) is 0 Å².